The second-order valence-corrected chi connectivity index (χ2v) is 7.59. The van der Waals surface area contributed by atoms with Crippen LogP contribution in [0, 0.1) is 11.8 Å². The quantitative estimate of drug-likeness (QED) is 0.751. The van der Waals surface area contributed by atoms with E-state index in [0.717, 1.165) is 72.6 Å². The Morgan fingerprint density at radius 2 is 1.96 bits per heavy atom. The van der Waals surface area contributed by atoms with Crippen LogP contribution < -0.4 is 11.5 Å². The lowest BCUT2D eigenvalue weighted by molar-refractivity contribution is 0.249. The lowest BCUT2D eigenvalue weighted by atomic mass is 9.78. The summed E-state index contributed by atoms with van der Waals surface area (Å²) in [6.45, 7) is 0.788. The van der Waals surface area contributed by atoms with Crippen LogP contribution in [0.1, 0.15) is 44.2 Å². The normalized spacial score (nSPS) is 23.9. The van der Waals surface area contributed by atoms with Crippen molar-refractivity contribution in [2.45, 2.75) is 44.6 Å². The number of aliphatic imine (C=N–C) groups is 1. The summed E-state index contributed by atoms with van der Waals surface area (Å²) in [6, 6.07) is 8.34. The van der Waals surface area contributed by atoms with Crippen molar-refractivity contribution in [2.75, 3.05) is 6.54 Å². The summed E-state index contributed by atoms with van der Waals surface area (Å²) in [5.41, 5.74) is 16.5. The van der Waals surface area contributed by atoms with Gasteiger partial charge in [0, 0.05) is 17.5 Å². The number of hydrogen-bond acceptors (Lipinski definition) is 5. The van der Waals surface area contributed by atoms with Gasteiger partial charge in [-0.15, -0.1) is 0 Å². The Bertz CT molecular complexity index is 831. The van der Waals surface area contributed by atoms with Crippen LogP contribution in [0.4, 0.5) is 0 Å². The number of para-hydroxylation sites is 2. The van der Waals surface area contributed by atoms with Gasteiger partial charge in [0.05, 0.1) is 29.0 Å². The Morgan fingerprint density at radius 3 is 2.69 bits per heavy atom. The summed E-state index contributed by atoms with van der Waals surface area (Å²) in [7, 11) is 0. The van der Waals surface area contributed by atoms with Crippen LogP contribution in [0.25, 0.3) is 16.6 Å². The molecule has 5 heteroatoms. The predicted octanol–water partition coefficient (Wildman–Crippen LogP) is 3.30. The second-order valence-electron chi connectivity index (χ2n) is 7.59. The molecule has 26 heavy (non-hydrogen) atoms. The largest absolute Gasteiger partial charge is 0.401 e. The molecule has 0 bridgehead atoms. The summed E-state index contributed by atoms with van der Waals surface area (Å²) in [5.74, 6) is 1.26. The highest BCUT2D eigenvalue weighted by Crippen LogP contribution is 2.37. The summed E-state index contributed by atoms with van der Waals surface area (Å²) < 4.78 is 0. The van der Waals surface area contributed by atoms with Gasteiger partial charge in [-0.3, -0.25) is 9.98 Å². The fraction of sp³-hybridized carbons (Fsp3) is 0.476. The SMILES string of the molecule is NCCCC1CC(N=CC(=C(N)C2CC2)c2cnc3ccccc3n2)C1. The highest BCUT2D eigenvalue weighted by atomic mass is 14.8. The minimum Gasteiger partial charge on any atom is -0.401 e. The Labute approximate surface area is 154 Å². The molecule has 0 radical (unpaired) electrons. The molecule has 4 N–H and O–H groups in total. The van der Waals surface area contributed by atoms with Gasteiger partial charge in [0.1, 0.15) is 0 Å². The minimum atomic E-state index is 0.410. The first-order valence-corrected chi connectivity index (χ1v) is 9.69. The maximum Gasteiger partial charge on any atom is 0.0925 e. The van der Waals surface area contributed by atoms with Crippen molar-refractivity contribution < 1.29 is 0 Å². The van der Waals surface area contributed by atoms with Crippen LogP contribution in [0.3, 0.4) is 0 Å². The van der Waals surface area contributed by atoms with E-state index in [1.807, 2.05) is 36.7 Å². The Kier molecular flexibility index (Phi) is 4.98. The van der Waals surface area contributed by atoms with E-state index in [4.69, 9.17) is 21.4 Å². The van der Waals surface area contributed by atoms with Crippen molar-refractivity contribution in [1.82, 2.24) is 9.97 Å². The molecule has 0 unspecified atom stereocenters. The third-order valence-corrected chi connectivity index (χ3v) is 5.49. The minimum absolute atomic E-state index is 0.410. The maximum absolute atomic E-state index is 6.44. The molecular formula is C21H27N5. The van der Waals surface area contributed by atoms with Crippen LogP contribution in [-0.2, 0) is 0 Å². The lowest BCUT2D eigenvalue weighted by Gasteiger charge is -2.32. The predicted molar refractivity (Wildman–Crippen MR) is 107 cm³/mol. The van der Waals surface area contributed by atoms with Crippen LogP contribution in [0.2, 0.25) is 0 Å². The molecule has 2 saturated carbocycles. The fourth-order valence-electron chi connectivity index (χ4n) is 3.63. The zero-order valence-electron chi connectivity index (χ0n) is 15.1. The first-order valence-electron chi connectivity index (χ1n) is 9.69. The molecule has 2 aromatic rings. The van der Waals surface area contributed by atoms with Crippen molar-refractivity contribution >= 4 is 22.8 Å². The number of aromatic nitrogens is 2. The van der Waals surface area contributed by atoms with E-state index in [1.54, 1.807) is 0 Å². The van der Waals surface area contributed by atoms with E-state index in [0.29, 0.717) is 12.0 Å². The van der Waals surface area contributed by atoms with E-state index in [1.165, 1.54) is 6.42 Å². The van der Waals surface area contributed by atoms with Crippen molar-refractivity contribution in [2.24, 2.45) is 28.3 Å². The molecule has 1 aromatic carbocycles. The number of nitrogens with two attached hydrogens (primary N) is 2. The van der Waals surface area contributed by atoms with E-state index < -0.39 is 0 Å². The van der Waals surface area contributed by atoms with Gasteiger partial charge in [-0.05, 0) is 69.0 Å². The molecule has 0 atom stereocenters. The van der Waals surface area contributed by atoms with Crippen molar-refractivity contribution in [3.8, 4) is 0 Å². The molecule has 0 amide bonds. The van der Waals surface area contributed by atoms with E-state index in [-0.39, 0.29) is 0 Å². The molecular weight excluding hydrogens is 322 g/mol. The van der Waals surface area contributed by atoms with Crippen LogP contribution in [-0.4, -0.2) is 28.8 Å². The number of allylic oxidation sites excluding steroid dienone is 2. The highest BCUT2D eigenvalue weighted by molar-refractivity contribution is 6.10. The lowest BCUT2D eigenvalue weighted by Crippen LogP contribution is -2.27. The Morgan fingerprint density at radius 1 is 1.19 bits per heavy atom. The fourth-order valence-corrected chi connectivity index (χ4v) is 3.63. The first-order chi connectivity index (χ1) is 12.7. The molecule has 2 fully saturated rings. The van der Waals surface area contributed by atoms with Gasteiger partial charge in [0.15, 0.2) is 0 Å². The average molecular weight is 349 g/mol. The topological polar surface area (TPSA) is 90.2 Å². The van der Waals surface area contributed by atoms with Gasteiger partial charge in [0.2, 0.25) is 0 Å². The maximum atomic E-state index is 6.44. The monoisotopic (exact) mass is 349 g/mol. The van der Waals surface area contributed by atoms with Gasteiger partial charge < -0.3 is 11.5 Å². The van der Waals surface area contributed by atoms with Crippen molar-refractivity contribution in [3.63, 3.8) is 0 Å². The number of fused-ring (bicyclic) bond motifs is 1. The second kappa shape index (κ2) is 7.54. The molecule has 2 aliphatic carbocycles. The average Bonchev–Trinajstić information content (AvgIpc) is 3.47. The van der Waals surface area contributed by atoms with Gasteiger partial charge in [0.25, 0.3) is 0 Å². The number of hydrogen-bond donors (Lipinski definition) is 2. The summed E-state index contributed by atoms with van der Waals surface area (Å²) in [6.07, 6.45) is 10.8. The third-order valence-electron chi connectivity index (χ3n) is 5.49. The number of benzene rings is 1. The number of nitrogens with zero attached hydrogens (tertiary/aromatic N) is 3. The van der Waals surface area contributed by atoms with Crippen LogP contribution in [0.15, 0.2) is 41.2 Å². The molecule has 0 saturated heterocycles. The Balaban J connectivity index is 1.54. The molecule has 4 rings (SSSR count). The summed E-state index contributed by atoms with van der Waals surface area (Å²) >= 11 is 0. The first kappa shape index (κ1) is 17.2. The molecule has 136 valence electrons. The highest BCUT2D eigenvalue weighted by Gasteiger charge is 2.29. The molecule has 1 aromatic heterocycles. The standard InChI is InChI=1S/C21H27N5/c22-9-3-4-14-10-16(11-14)24-12-17(21(23)15-7-8-15)20-13-25-18-5-1-2-6-19(18)26-20/h1-2,5-6,12-16H,3-4,7-11,22-23H2. The van der Waals surface area contributed by atoms with E-state index in [9.17, 15) is 0 Å². The molecule has 0 spiro atoms. The van der Waals surface area contributed by atoms with Crippen LogP contribution in [0.5, 0.6) is 0 Å². The van der Waals surface area contributed by atoms with Gasteiger partial charge in [-0.2, -0.15) is 0 Å². The van der Waals surface area contributed by atoms with Crippen LogP contribution >= 0.6 is 0 Å². The zero-order chi connectivity index (χ0) is 17.9. The zero-order valence-corrected chi connectivity index (χ0v) is 15.1. The molecule has 1 heterocycles. The summed E-state index contributed by atoms with van der Waals surface area (Å²) in [5, 5.41) is 0. The van der Waals surface area contributed by atoms with E-state index in [2.05, 4.69) is 4.98 Å². The molecule has 2 aliphatic rings. The number of rotatable bonds is 7. The van der Waals surface area contributed by atoms with Crippen molar-refractivity contribution in [1.29, 1.82) is 0 Å². The van der Waals surface area contributed by atoms with Gasteiger partial charge in [-0.1, -0.05) is 12.1 Å². The van der Waals surface area contributed by atoms with Gasteiger partial charge >= 0.3 is 0 Å². The Hall–Kier alpha value is -2.27. The van der Waals surface area contributed by atoms with E-state index >= 15 is 0 Å². The summed E-state index contributed by atoms with van der Waals surface area (Å²) in [4.78, 5) is 14.1. The van der Waals surface area contributed by atoms with Crippen molar-refractivity contribution in [3.05, 3.63) is 41.9 Å². The molecule has 5 nitrogen and oxygen atoms in total. The third kappa shape index (κ3) is 3.78. The van der Waals surface area contributed by atoms with Gasteiger partial charge in [-0.25, -0.2) is 4.98 Å². The molecule has 0 aliphatic heterocycles. The smallest absolute Gasteiger partial charge is 0.0925 e.